The number of unbranched alkanes of at least 4 members (excludes halogenated alkanes) is 1. The van der Waals surface area contributed by atoms with Crippen LogP contribution in [0.2, 0.25) is 0 Å². The minimum absolute atomic E-state index is 0.206. The lowest BCUT2D eigenvalue weighted by atomic mass is 10.2. The zero-order valence-corrected chi connectivity index (χ0v) is 11.3. The SMILES string of the molecule is CCCCC(=O)Nc1ccc(S(=O)(=O)Cl)c(F)c1. The standard InChI is InChI=1S/C11H13ClFNO3S/c1-2-3-4-11(15)14-8-5-6-10(9(13)7-8)18(12,16)17/h5-7H,2-4H2,1H3,(H,14,15). The second kappa shape index (κ2) is 6.15. The number of amides is 1. The van der Waals surface area contributed by atoms with Gasteiger partial charge in [-0.3, -0.25) is 4.79 Å². The van der Waals surface area contributed by atoms with Crippen molar-refractivity contribution in [3.8, 4) is 0 Å². The first-order chi connectivity index (χ1) is 8.34. The number of hydrogen-bond donors (Lipinski definition) is 1. The molecule has 0 saturated carbocycles. The lowest BCUT2D eigenvalue weighted by Gasteiger charge is -2.06. The molecule has 0 heterocycles. The van der Waals surface area contributed by atoms with Crippen molar-refractivity contribution in [2.75, 3.05) is 5.32 Å². The second-order valence-corrected chi connectivity index (χ2v) is 6.27. The Morgan fingerprint density at radius 2 is 2.11 bits per heavy atom. The maximum atomic E-state index is 13.4. The number of carbonyl (C=O) groups excluding carboxylic acids is 1. The number of anilines is 1. The van der Waals surface area contributed by atoms with E-state index in [2.05, 4.69) is 5.32 Å². The summed E-state index contributed by atoms with van der Waals surface area (Å²) in [5.74, 6) is -1.23. The normalized spacial score (nSPS) is 11.3. The van der Waals surface area contributed by atoms with Crippen molar-refractivity contribution in [3.63, 3.8) is 0 Å². The summed E-state index contributed by atoms with van der Waals surface area (Å²) in [4.78, 5) is 10.8. The first-order valence-electron chi connectivity index (χ1n) is 5.38. The van der Waals surface area contributed by atoms with Gasteiger partial charge in [-0.2, -0.15) is 0 Å². The van der Waals surface area contributed by atoms with E-state index in [4.69, 9.17) is 10.7 Å². The molecule has 0 aliphatic heterocycles. The van der Waals surface area contributed by atoms with Crippen LogP contribution in [0.15, 0.2) is 23.1 Å². The van der Waals surface area contributed by atoms with Gasteiger partial charge in [-0.05, 0) is 24.6 Å². The van der Waals surface area contributed by atoms with E-state index in [9.17, 15) is 17.6 Å². The summed E-state index contributed by atoms with van der Waals surface area (Å²) in [6, 6.07) is 3.24. The third kappa shape index (κ3) is 4.27. The molecule has 1 aromatic carbocycles. The van der Waals surface area contributed by atoms with Crippen molar-refractivity contribution >= 4 is 31.3 Å². The average Bonchev–Trinajstić information content (AvgIpc) is 2.24. The lowest BCUT2D eigenvalue weighted by Crippen LogP contribution is -2.11. The van der Waals surface area contributed by atoms with Gasteiger partial charge < -0.3 is 5.32 Å². The lowest BCUT2D eigenvalue weighted by molar-refractivity contribution is -0.116. The molecule has 0 spiro atoms. The monoisotopic (exact) mass is 293 g/mol. The minimum Gasteiger partial charge on any atom is -0.326 e. The van der Waals surface area contributed by atoms with Crippen LogP contribution in [-0.4, -0.2) is 14.3 Å². The van der Waals surface area contributed by atoms with E-state index < -0.39 is 19.8 Å². The summed E-state index contributed by atoms with van der Waals surface area (Å²) in [5.41, 5.74) is 0.206. The van der Waals surface area contributed by atoms with Gasteiger partial charge in [-0.1, -0.05) is 13.3 Å². The topological polar surface area (TPSA) is 63.2 Å². The van der Waals surface area contributed by atoms with Crippen molar-refractivity contribution in [1.29, 1.82) is 0 Å². The quantitative estimate of drug-likeness (QED) is 0.849. The summed E-state index contributed by atoms with van der Waals surface area (Å²) < 4.78 is 35.4. The first kappa shape index (κ1) is 14.9. The molecule has 0 aliphatic rings. The van der Waals surface area contributed by atoms with Crippen LogP contribution in [-0.2, 0) is 13.8 Å². The molecule has 0 saturated heterocycles. The highest BCUT2D eigenvalue weighted by Gasteiger charge is 2.16. The summed E-state index contributed by atoms with van der Waals surface area (Å²) >= 11 is 0. The van der Waals surface area contributed by atoms with Gasteiger partial charge in [0.1, 0.15) is 10.7 Å². The van der Waals surface area contributed by atoms with Gasteiger partial charge in [-0.15, -0.1) is 0 Å². The summed E-state index contributed by atoms with van der Waals surface area (Å²) in [5, 5.41) is 2.48. The number of halogens is 2. The fourth-order valence-electron chi connectivity index (χ4n) is 1.34. The summed E-state index contributed by atoms with van der Waals surface area (Å²) in [7, 11) is 0.927. The van der Waals surface area contributed by atoms with Crippen molar-refractivity contribution in [2.24, 2.45) is 0 Å². The summed E-state index contributed by atoms with van der Waals surface area (Å²) in [6.07, 6.45) is 1.96. The van der Waals surface area contributed by atoms with Crippen molar-refractivity contribution < 1.29 is 17.6 Å². The molecular formula is C11H13ClFNO3S. The van der Waals surface area contributed by atoms with Crippen LogP contribution >= 0.6 is 10.7 Å². The van der Waals surface area contributed by atoms with Crippen molar-refractivity contribution in [2.45, 2.75) is 31.1 Å². The molecule has 1 amide bonds. The summed E-state index contributed by atoms with van der Waals surface area (Å²) in [6.45, 7) is 1.95. The first-order valence-corrected chi connectivity index (χ1v) is 7.69. The van der Waals surface area contributed by atoms with E-state index in [0.29, 0.717) is 6.42 Å². The van der Waals surface area contributed by atoms with Crippen LogP contribution in [0.25, 0.3) is 0 Å². The molecule has 0 atom stereocenters. The molecule has 100 valence electrons. The Hall–Kier alpha value is -1.14. The molecule has 1 N–H and O–H groups in total. The predicted octanol–water partition coefficient (Wildman–Crippen LogP) is 2.88. The zero-order valence-electron chi connectivity index (χ0n) is 9.74. The van der Waals surface area contributed by atoms with Crippen LogP contribution in [0, 0.1) is 5.82 Å². The van der Waals surface area contributed by atoms with Crippen LogP contribution < -0.4 is 5.32 Å². The van der Waals surface area contributed by atoms with Gasteiger partial charge in [0, 0.05) is 22.8 Å². The largest absolute Gasteiger partial charge is 0.326 e. The molecule has 1 rings (SSSR count). The maximum Gasteiger partial charge on any atom is 0.264 e. The van der Waals surface area contributed by atoms with Crippen LogP contribution in [0.1, 0.15) is 26.2 Å². The third-order valence-electron chi connectivity index (χ3n) is 2.24. The fourth-order valence-corrected chi connectivity index (χ4v) is 2.24. The zero-order chi connectivity index (χ0) is 13.8. The minimum atomic E-state index is -4.11. The van der Waals surface area contributed by atoms with Gasteiger partial charge in [0.05, 0.1) is 0 Å². The van der Waals surface area contributed by atoms with E-state index >= 15 is 0 Å². The molecule has 4 nitrogen and oxygen atoms in total. The van der Waals surface area contributed by atoms with E-state index in [-0.39, 0.29) is 11.6 Å². The smallest absolute Gasteiger partial charge is 0.264 e. The van der Waals surface area contributed by atoms with Crippen molar-refractivity contribution in [3.05, 3.63) is 24.0 Å². The number of nitrogens with one attached hydrogen (secondary N) is 1. The molecule has 18 heavy (non-hydrogen) atoms. The van der Waals surface area contributed by atoms with Gasteiger partial charge in [-0.25, -0.2) is 12.8 Å². The fraction of sp³-hybridized carbons (Fsp3) is 0.364. The van der Waals surface area contributed by atoms with Crippen LogP contribution in [0.5, 0.6) is 0 Å². The van der Waals surface area contributed by atoms with E-state index in [0.717, 1.165) is 25.0 Å². The van der Waals surface area contributed by atoms with Gasteiger partial charge in [0.15, 0.2) is 0 Å². The molecule has 1 aromatic rings. The Morgan fingerprint density at radius 3 is 2.61 bits per heavy atom. The number of hydrogen-bond acceptors (Lipinski definition) is 3. The van der Waals surface area contributed by atoms with Crippen LogP contribution in [0.4, 0.5) is 10.1 Å². The van der Waals surface area contributed by atoms with Crippen LogP contribution in [0.3, 0.4) is 0 Å². The predicted molar refractivity (Wildman–Crippen MR) is 67.6 cm³/mol. The molecule has 0 aliphatic carbocycles. The molecule has 0 fully saturated rings. The van der Waals surface area contributed by atoms with E-state index in [1.54, 1.807) is 0 Å². The van der Waals surface area contributed by atoms with E-state index in [1.165, 1.54) is 6.07 Å². The Labute approximate surface area is 110 Å². The molecule has 0 radical (unpaired) electrons. The van der Waals surface area contributed by atoms with E-state index in [1.807, 2.05) is 6.92 Å². The third-order valence-corrected chi connectivity index (χ3v) is 3.59. The molecular weight excluding hydrogens is 281 g/mol. The Balaban J connectivity index is 2.82. The number of rotatable bonds is 5. The Bertz CT molecular complexity index is 545. The van der Waals surface area contributed by atoms with Crippen molar-refractivity contribution in [1.82, 2.24) is 0 Å². The second-order valence-electron chi connectivity index (χ2n) is 3.73. The highest BCUT2D eigenvalue weighted by atomic mass is 35.7. The molecule has 0 aromatic heterocycles. The maximum absolute atomic E-state index is 13.4. The van der Waals surface area contributed by atoms with Gasteiger partial charge in [0.25, 0.3) is 9.05 Å². The van der Waals surface area contributed by atoms with Gasteiger partial charge >= 0.3 is 0 Å². The Kier molecular flexibility index (Phi) is 5.10. The average molecular weight is 294 g/mol. The Morgan fingerprint density at radius 1 is 1.44 bits per heavy atom. The molecule has 0 bridgehead atoms. The molecule has 0 unspecified atom stereocenters. The molecule has 7 heteroatoms. The highest BCUT2D eigenvalue weighted by molar-refractivity contribution is 8.13. The number of carbonyl (C=O) groups is 1. The highest BCUT2D eigenvalue weighted by Crippen LogP contribution is 2.22. The van der Waals surface area contributed by atoms with Gasteiger partial charge in [0.2, 0.25) is 5.91 Å². The number of benzene rings is 1.